The van der Waals surface area contributed by atoms with Gasteiger partial charge in [0, 0.05) is 0 Å². The second-order valence-corrected chi connectivity index (χ2v) is 4.07. The molecule has 3 heteroatoms. The van der Waals surface area contributed by atoms with Crippen molar-refractivity contribution in [3.05, 3.63) is 59.4 Å². The lowest BCUT2D eigenvalue weighted by atomic mass is 10.1. The minimum absolute atomic E-state index is 0.222. The lowest BCUT2D eigenvalue weighted by Gasteiger charge is -2.11. The van der Waals surface area contributed by atoms with E-state index in [0.717, 1.165) is 0 Å². The molecular weight excluding hydrogens is 231 g/mol. The molecule has 2 aromatic rings. The van der Waals surface area contributed by atoms with Crippen molar-refractivity contribution in [1.29, 1.82) is 0 Å². The van der Waals surface area contributed by atoms with Crippen molar-refractivity contribution in [2.75, 3.05) is 0 Å². The number of carbonyl (C=O) groups is 1. The van der Waals surface area contributed by atoms with Gasteiger partial charge in [0.25, 0.3) is 0 Å². The van der Waals surface area contributed by atoms with E-state index >= 15 is 0 Å². The maximum absolute atomic E-state index is 13.5. The summed E-state index contributed by atoms with van der Waals surface area (Å²) >= 11 is 0. The molecule has 0 amide bonds. The molecule has 0 heterocycles. The molecule has 2 aromatic carbocycles. The van der Waals surface area contributed by atoms with Crippen LogP contribution in [-0.2, 0) is 0 Å². The molecule has 92 valence electrons. The molecule has 0 spiro atoms. The zero-order chi connectivity index (χ0) is 13.1. The third-order valence-electron chi connectivity index (χ3n) is 2.61. The number of aryl methyl sites for hydroxylation is 1. The Labute approximate surface area is 105 Å². The van der Waals surface area contributed by atoms with Gasteiger partial charge in [0.1, 0.15) is 17.3 Å². The highest BCUT2D eigenvalue weighted by Gasteiger charge is 2.13. The van der Waals surface area contributed by atoms with Gasteiger partial charge in [0.15, 0.2) is 5.78 Å². The summed E-state index contributed by atoms with van der Waals surface area (Å²) < 4.78 is 19.1. The molecule has 0 aliphatic carbocycles. The van der Waals surface area contributed by atoms with Crippen LogP contribution in [0.25, 0.3) is 0 Å². The van der Waals surface area contributed by atoms with Crippen molar-refractivity contribution in [2.45, 2.75) is 13.8 Å². The summed E-state index contributed by atoms with van der Waals surface area (Å²) in [7, 11) is 0. The van der Waals surface area contributed by atoms with E-state index in [-0.39, 0.29) is 11.3 Å². The van der Waals surface area contributed by atoms with E-state index in [0.29, 0.717) is 17.1 Å². The molecule has 2 nitrogen and oxygen atoms in total. The zero-order valence-electron chi connectivity index (χ0n) is 10.2. The Hall–Kier alpha value is -2.16. The quantitative estimate of drug-likeness (QED) is 0.759. The first-order valence-corrected chi connectivity index (χ1v) is 5.62. The van der Waals surface area contributed by atoms with Gasteiger partial charge < -0.3 is 4.74 Å². The molecule has 0 radical (unpaired) electrons. The molecule has 0 saturated carbocycles. The highest BCUT2D eigenvalue weighted by Crippen LogP contribution is 2.28. The smallest absolute Gasteiger partial charge is 0.163 e. The molecule has 0 aliphatic heterocycles. The predicted octanol–water partition coefficient (Wildman–Crippen LogP) is 4.13. The largest absolute Gasteiger partial charge is 0.457 e. The van der Waals surface area contributed by atoms with E-state index < -0.39 is 5.82 Å². The molecular formula is C15H13FO2. The Morgan fingerprint density at radius 3 is 2.44 bits per heavy atom. The van der Waals surface area contributed by atoms with E-state index in [1.165, 1.54) is 13.0 Å². The molecule has 0 bridgehead atoms. The van der Waals surface area contributed by atoms with Gasteiger partial charge in [-0.2, -0.15) is 0 Å². The van der Waals surface area contributed by atoms with Crippen LogP contribution in [0.2, 0.25) is 0 Å². The first-order chi connectivity index (χ1) is 8.58. The number of Topliss-reactive ketones (excluding diaryl/α,β-unsaturated/α-hetero) is 1. The molecule has 0 fully saturated rings. The number of carbonyl (C=O) groups excluding carboxylic acids is 1. The highest BCUT2D eigenvalue weighted by molar-refractivity contribution is 5.97. The minimum atomic E-state index is -0.402. The molecule has 0 N–H and O–H groups in total. The lowest BCUT2D eigenvalue weighted by molar-refractivity contribution is 0.101. The van der Waals surface area contributed by atoms with Crippen molar-refractivity contribution in [3.8, 4) is 11.5 Å². The molecule has 0 saturated heterocycles. The number of benzene rings is 2. The molecule has 0 aromatic heterocycles. The first-order valence-electron chi connectivity index (χ1n) is 5.62. The SMILES string of the molecule is CC(=O)c1cc(F)c(C)cc1Oc1ccccc1. The molecule has 0 unspecified atom stereocenters. The monoisotopic (exact) mass is 244 g/mol. The van der Waals surface area contributed by atoms with E-state index in [1.807, 2.05) is 18.2 Å². The van der Waals surface area contributed by atoms with Crippen LogP contribution < -0.4 is 4.74 Å². The summed E-state index contributed by atoms with van der Waals surface area (Å²) in [5, 5.41) is 0. The summed E-state index contributed by atoms with van der Waals surface area (Å²) in [4.78, 5) is 11.5. The molecule has 0 atom stereocenters. The summed E-state index contributed by atoms with van der Waals surface area (Å²) in [6.45, 7) is 3.03. The van der Waals surface area contributed by atoms with Crippen molar-refractivity contribution >= 4 is 5.78 Å². The number of halogens is 1. The standard InChI is InChI=1S/C15H13FO2/c1-10-8-15(13(11(2)17)9-14(10)16)18-12-6-4-3-5-7-12/h3-9H,1-2H3. The van der Waals surface area contributed by atoms with Crippen LogP contribution >= 0.6 is 0 Å². The van der Waals surface area contributed by atoms with Crippen molar-refractivity contribution in [2.24, 2.45) is 0 Å². The van der Waals surface area contributed by atoms with Crippen LogP contribution in [0.3, 0.4) is 0 Å². The topological polar surface area (TPSA) is 26.3 Å². The van der Waals surface area contributed by atoms with Gasteiger partial charge in [-0.25, -0.2) is 4.39 Å². The summed E-state index contributed by atoms with van der Waals surface area (Å²) in [5.74, 6) is 0.374. The van der Waals surface area contributed by atoms with Crippen LogP contribution in [0.5, 0.6) is 11.5 Å². The van der Waals surface area contributed by atoms with E-state index in [9.17, 15) is 9.18 Å². The summed E-state index contributed by atoms with van der Waals surface area (Å²) in [6, 6.07) is 11.9. The second-order valence-electron chi connectivity index (χ2n) is 4.07. The number of ether oxygens (including phenoxy) is 1. The fourth-order valence-electron chi connectivity index (χ4n) is 1.63. The van der Waals surface area contributed by atoms with E-state index in [2.05, 4.69) is 0 Å². The van der Waals surface area contributed by atoms with E-state index in [4.69, 9.17) is 4.74 Å². The van der Waals surface area contributed by atoms with Crippen LogP contribution in [0.15, 0.2) is 42.5 Å². The Balaban J connectivity index is 2.43. The Morgan fingerprint density at radius 2 is 1.83 bits per heavy atom. The normalized spacial score (nSPS) is 10.2. The predicted molar refractivity (Wildman–Crippen MR) is 67.7 cm³/mol. The average Bonchev–Trinajstić information content (AvgIpc) is 2.34. The van der Waals surface area contributed by atoms with Crippen LogP contribution in [0.1, 0.15) is 22.8 Å². The third kappa shape index (κ3) is 2.56. The number of rotatable bonds is 3. The number of hydrogen-bond acceptors (Lipinski definition) is 2. The Morgan fingerprint density at radius 1 is 1.17 bits per heavy atom. The van der Waals surface area contributed by atoms with Crippen LogP contribution in [0, 0.1) is 12.7 Å². The van der Waals surface area contributed by atoms with Gasteiger partial charge in [-0.3, -0.25) is 4.79 Å². The van der Waals surface area contributed by atoms with Crippen molar-refractivity contribution < 1.29 is 13.9 Å². The van der Waals surface area contributed by atoms with Crippen molar-refractivity contribution in [1.82, 2.24) is 0 Å². The molecule has 0 aliphatic rings. The Bertz CT molecular complexity index is 577. The summed E-state index contributed by atoms with van der Waals surface area (Å²) in [5.41, 5.74) is 0.702. The fraction of sp³-hybridized carbons (Fsp3) is 0.133. The van der Waals surface area contributed by atoms with Gasteiger partial charge in [-0.15, -0.1) is 0 Å². The van der Waals surface area contributed by atoms with Gasteiger partial charge >= 0.3 is 0 Å². The maximum atomic E-state index is 13.5. The zero-order valence-corrected chi connectivity index (χ0v) is 10.2. The highest BCUT2D eigenvalue weighted by atomic mass is 19.1. The van der Waals surface area contributed by atoms with Crippen LogP contribution in [0.4, 0.5) is 4.39 Å². The lowest BCUT2D eigenvalue weighted by Crippen LogP contribution is -1.99. The molecule has 18 heavy (non-hydrogen) atoms. The van der Waals surface area contributed by atoms with Gasteiger partial charge in [-0.1, -0.05) is 18.2 Å². The van der Waals surface area contributed by atoms with Gasteiger partial charge in [0.2, 0.25) is 0 Å². The Kier molecular flexibility index (Phi) is 3.42. The van der Waals surface area contributed by atoms with Crippen molar-refractivity contribution in [3.63, 3.8) is 0 Å². The number of ketones is 1. The van der Waals surface area contributed by atoms with E-state index in [1.54, 1.807) is 25.1 Å². The number of hydrogen-bond donors (Lipinski definition) is 0. The maximum Gasteiger partial charge on any atom is 0.163 e. The third-order valence-corrected chi connectivity index (χ3v) is 2.61. The molecule has 2 rings (SSSR count). The summed E-state index contributed by atoms with van der Waals surface area (Å²) in [6.07, 6.45) is 0. The van der Waals surface area contributed by atoms with Gasteiger partial charge in [0.05, 0.1) is 5.56 Å². The minimum Gasteiger partial charge on any atom is -0.457 e. The average molecular weight is 244 g/mol. The van der Waals surface area contributed by atoms with Crippen LogP contribution in [-0.4, -0.2) is 5.78 Å². The van der Waals surface area contributed by atoms with Gasteiger partial charge in [-0.05, 0) is 43.7 Å². The second kappa shape index (κ2) is 5.00. The number of para-hydroxylation sites is 1. The first kappa shape index (κ1) is 12.3. The fourth-order valence-corrected chi connectivity index (χ4v) is 1.63.